The summed E-state index contributed by atoms with van der Waals surface area (Å²) in [4.78, 5) is 2.45. The van der Waals surface area contributed by atoms with Crippen molar-refractivity contribution in [2.24, 2.45) is 0 Å². The molecule has 1 fully saturated rings. The minimum atomic E-state index is 0.296. The molecule has 0 unspecified atom stereocenters. The van der Waals surface area contributed by atoms with Crippen LogP contribution < -0.4 is 5.32 Å². The van der Waals surface area contributed by atoms with Gasteiger partial charge >= 0.3 is 0 Å². The van der Waals surface area contributed by atoms with Gasteiger partial charge in [0.15, 0.2) is 5.82 Å². The highest BCUT2D eigenvalue weighted by atomic mass is 15.5. The van der Waals surface area contributed by atoms with Crippen LogP contribution in [0.25, 0.3) is 0 Å². The average molecular weight is 266 g/mol. The molecule has 2 heterocycles. The van der Waals surface area contributed by atoms with E-state index >= 15 is 0 Å². The maximum absolute atomic E-state index is 4.16. The van der Waals surface area contributed by atoms with Crippen molar-refractivity contribution >= 4 is 0 Å². The molecule has 0 bridgehead atoms. The molecule has 0 atom stereocenters. The Morgan fingerprint density at radius 1 is 1.32 bits per heavy atom. The predicted octanol–water partition coefficient (Wildman–Crippen LogP) is 1.05. The number of likely N-dealkylation sites (tertiary alicyclic amines) is 1. The van der Waals surface area contributed by atoms with Gasteiger partial charge < -0.3 is 5.32 Å². The fourth-order valence-corrected chi connectivity index (χ4v) is 2.47. The van der Waals surface area contributed by atoms with Gasteiger partial charge in [-0.25, -0.2) is 4.68 Å². The smallest absolute Gasteiger partial charge is 0.165 e. The van der Waals surface area contributed by atoms with Crippen LogP contribution >= 0.6 is 0 Å². The minimum Gasteiger partial charge on any atom is -0.314 e. The number of hydrogen-bond acceptors (Lipinski definition) is 5. The molecule has 19 heavy (non-hydrogen) atoms. The highest BCUT2D eigenvalue weighted by Crippen LogP contribution is 2.21. The van der Waals surface area contributed by atoms with E-state index < -0.39 is 0 Å². The molecule has 6 heteroatoms. The standard InChI is InChI=1S/C13H26N6/c1-4-5-8-19-12(15-16-17-19)11-18-9-6-13(2,14-3)7-10-18/h14H,4-11H2,1-3H3. The van der Waals surface area contributed by atoms with Crippen molar-refractivity contribution in [1.82, 2.24) is 30.4 Å². The summed E-state index contributed by atoms with van der Waals surface area (Å²) in [5, 5.41) is 15.5. The van der Waals surface area contributed by atoms with Gasteiger partial charge in [0.25, 0.3) is 0 Å². The number of rotatable bonds is 6. The minimum absolute atomic E-state index is 0.296. The maximum Gasteiger partial charge on any atom is 0.165 e. The van der Waals surface area contributed by atoms with Crippen LogP contribution in [0.4, 0.5) is 0 Å². The molecule has 0 aromatic carbocycles. The topological polar surface area (TPSA) is 58.9 Å². The monoisotopic (exact) mass is 266 g/mol. The van der Waals surface area contributed by atoms with Crippen molar-refractivity contribution in [2.45, 2.75) is 58.2 Å². The fraction of sp³-hybridized carbons (Fsp3) is 0.923. The summed E-state index contributed by atoms with van der Waals surface area (Å²) < 4.78 is 1.95. The number of nitrogens with one attached hydrogen (secondary N) is 1. The number of aromatic nitrogens is 4. The number of hydrogen-bond donors (Lipinski definition) is 1. The maximum atomic E-state index is 4.16. The summed E-state index contributed by atoms with van der Waals surface area (Å²) in [6.45, 7) is 8.51. The Bertz CT molecular complexity index is 380. The third-order valence-electron chi connectivity index (χ3n) is 4.26. The van der Waals surface area contributed by atoms with Crippen LogP contribution in [0.15, 0.2) is 0 Å². The van der Waals surface area contributed by atoms with Crippen molar-refractivity contribution in [3.63, 3.8) is 0 Å². The van der Waals surface area contributed by atoms with Gasteiger partial charge in [0.1, 0.15) is 0 Å². The molecule has 1 aromatic heterocycles. The second-order valence-corrected chi connectivity index (χ2v) is 5.76. The molecule has 0 amide bonds. The number of unbranched alkanes of at least 4 members (excludes halogenated alkanes) is 1. The normalized spacial score (nSPS) is 19.7. The summed E-state index contributed by atoms with van der Waals surface area (Å²) >= 11 is 0. The molecule has 1 N–H and O–H groups in total. The van der Waals surface area contributed by atoms with E-state index in [1.165, 1.54) is 19.3 Å². The Kier molecular flexibility index (Phi) is 4.87. The molecule has 1 aromatic rings. The Morgan fingerprint density at radius 2 is 2.05 bits per heavy atom. The van der Waals surface area contributed by atoms with Crippen LogP contribution in [0.5, 0.6) is 0 Å². The van der Waals surface area contributed by atoms with E-state index in [1.807, 2.05) is 4.68 Å². The molecule has 6 nitrogen and oxygen atoms in total. The van der Waals surface area contributed by atoms with Crippen molar-refractivity contribution < 1.29 is 0 Å². The SMILES string of the molecule is CCCCn1nnnc1CN1CCC(C)(NC)CC1. The van der Waals surface area contributed by atoms with Gasteiger partial charge in [0.05, 0.1) is 6.54 Å². The van der Waals surface area contributed by atoms with Crippen molar-refractivity contribution in [2.75, 3.05) is 20.1 Å². The van der Waals surface area contributed by atoms with E-state index in [-0.39, 0.29) is 0 Å². The molecule has 1 saturated heterocycles. The molecular weight excluding hydrogens is 240 g/mol. The first kappa shape index (κ1) is 14.4. The first-order chi connectivity index (χ1) is 9.17. The van der Waals surface area contributed by atoms with Crippen LogP contribution in [-0.4, -0.2) is 50.8 Å². The van der Waals surface area contributed by atoms with Crippen molar-refractivity contribution in [3.05, 3.63) is 5.82 Å². The van der Waals surface area contributed by atoms with Gasteiger partial charge in [-0.05, 0) is 43.7 Å². The van der Waals surface area contributed by atoms with E-state index in [2.05, 4.69) is 46.6 Å². The van der Waals surface area contributed by atoms with E-state index in [9.17, 15) is 0 Å². The summed E-state index contributed by atoms with van der Waals surface area (Å²) in [5.74, 6) is 1.00. The van der Waals surface area contributed by atoms with Crippen LogP contribution in [0, 0.1) is 0 Å². The first-order valence-electron chi connectivity index (χ1n) is 7.33. The summed E-state index contributed by atoms with van der Waals surface area (Å²) in [6, 6.07) is 0. The molecule has 0 saturated carbocycles. The largest absolute Gasteiger partial charge is 0.314 e. The van der Waals surface area contributed by atoms with Gasteiger partial charge in [0, 0.05) is 25.2 Å². The average Bonchev–Trinajstić information content (AvgIpc) is 2.86. The Balaban J connectivity index is 1.87. The van der Waals surface area contributed by atoms with Crippen LogP contribution in [-0.2, 0) is 13.1 Å². The summed E-state index contributed by atoms with van der Waals surface area (Å²) in [7, 11) is 2.06. The number of aryl methyl sites for hydroxylation is 1. The molecular formula is C13H26N6. The first-order valence-corrected chi connectivity index (χ1v) is 7.33. The quantitative estimate of drug-likeness (QED) is 0.834. The molecule has 2 rings (SSSR count). The summed E-state index contributed by atoms with van der Waals surface area (Å²) in [6.07, 6.45) is 4.67. The van der Waals surface area contributed by atoms with Crippen LogP contribution in [0.1, 0.15) is 45.4 Å². The molecule has 0 radical (unpaired) electrons. The number of piperidine rings is 1. The zero-order chi connectivity index (χ0) is 13.7. The zero-order valence-corrected chi connectivity index (χ0v) is 12.4. The van der Waals surface area contributed by atoms with Crippen molar-refractivity contribution in [1.29, 1.82) is 0 Å². The molecule has 0 spiro atoms. The molecule has 0 aliphatic carbocycles. The van der Waals surface area contributed by atoms with Crippen LogP contribution in [0.2, 0.25) is 0 Å². The van der Waals surface area contributed by atoms with E-state index in [4.69, 9.17) is 0 Å². The summed E-state index contributed by atoms with van der Waals surface area (Å²) in [5.41, 5.74) is 0.296. The molecule has 1 aliphatic rings. The number of tetrazole rings is 1. The van der Waals surface area contributed by atoms with Crippen LogP contribution in [0.3, 0.4) is 0 Å². The highest BCUT2D eigenvalue weighted by Gasteiger charge is 2.28. The second kappa shape index (κ2) is 6.43. The fourth-order valence-electron chi connectivity index (χ4n) is 2.47. The lowest BCUT2D eigenvalue weighted by Gasteiger charge is -2.39. The van der Waals surface area contributed by atoms with Gasteiger partial charge in [-0.2, -0.15) is 0 Å². The van der Waals surface area contributed by atoms with E-state index in [0.717, 1.165) is 38.4 Å². The Hall–Kier alpha value is -1.01. The van der Waals surface area contributed by atoms with Crippen molar-refractivity contribution in [3.8, 4) is 0 Å². The molecule has 1 aliphatic heterocycles. The lowest BCUT2D eigenvalue weighted by atomic mass is 9.90. The number of nitrogens with zero attached hydrogens (tertiary/aromatic N) is 5. The van der Waals surface area contributed by atoms with E-state index in [0.29, 0.717) is 5.54 Å². The Morgan fingerprint density at radius 3 is 2.68 bits per heavy atom. The van der Waals surface area contributed by atoms with Gasteiger partial charge in [-0.1, -0.05) is 13.3 Å². The second-order valence-electron chi connectivity index (χ2n) is 5.76. The third-order valence-corrected chi connectivity index (χ3v) is 4.26. The van der Waals surface area contributed by atoms with Gasteiger partial charge in [0.2, 0.25) is 0 Å². The van der Waals surface area contributed by atoms with Gasteiger partial charge in [-0.3, -0.25) is 4.90 Å². The lowest BCUT2D eigenvalue weighted by molar-refractivity contribution is 0.141. The highest BCUT2D eigenvalue weighted by molar-refractivity contribution is 4.90. The Labute approximate surface area is 115 Å². The lowest BCUT2D eigenvalue weighted by Crippen LogP contribution is -2.49. The predicted molar refractivity (Wildman–Crippen MR) is 74.7 cm³/mol. The third kappa shape index (κ3) is 3.73. The van der Waals surface area contributed by atoms with Gasteiger partial charge in [-0.15, -0.1) is 5.10 Å². The molecule has 108 valence electrons. The zero-order valence-electron chi connectivity index (χ0n) is 12.4. The van der Waals surface area contributed by atoms with E-state index in [1.54, 1.807) is 0 Å².